The Labute approximate surface area is 152 Å². The summed E-state index contributed by atoms with van der Waals surface area (Å²) in [7, 11) is 0. The first-order valence-corrected chi connectivity index (χ1v) is 9.22. The number of unbranched alkanes of at least 4 members (excludes halogenated alkanes) is 1. The van der Waals surface area contributed by atoms with Crippen molar-refractivity contribution in [3.8, 4) is 0 Å². The normalized spacial score (nSPS) is 16.0. The highest BCUT2D eigenvalue weighted by molar-refractivity contribution is 5.96. The van der Waals surface area contributed by atoms with E-state index in [1.54, 1.807) is 6.92 Å². The molecule has 1 aliphatic heterocycles. The fourth-order valence-corrected chi connectivity index (χ4v) is 3.19. The van der Waals surface area contributed by atoms with Crippen LogP contribution in [0.2, 0.25) is 0 Å². The molecule has 4 N–H and O–H groups in total. The Hall–Kier alpha value is -2.13. The molecule has 0 atom stereocenters. The summed E-state index contributed by atoms with van der Waals surface area (Å²) < 4.78 is 1.31. The number of H-pyrrole nitrogens is 1. The fraction of sp³-hybridized carbons (Fsp3) is 0.706. The van der Waals surface area contributed by atoms with E-state index < -0.39 is 11.2 Å². The zero-order valence-electron chi connectivity index (χ0n) is 15.5. The van der Waals surface area contributed by atoms with Gasteiger partial charge in [-0.1, -0.05) is 13.3 Å². The first kappa shape index (κ1) is 20.2. The molecule has 26 heavy (non-hydrogen) atoms. The number of amides is 1. The maximum absolute atomic E-state index is 12.8. The van der Waals surface area contributed by atoms with Gasteiger partial charge in [0.25, 0.3) is 5.56 Å². The number of nitrogens with two attached hydrogens (primary N) is 1. The number of aromatic amines is 1. The maximum Gasteiger partial charge on any atom is 0.330 e. The van der Waals surface area contributed by atoms with Crippen molar-refractivity contribution in [3.63, 3.8) is 0 Å². The third-order valence-electron chi connectivity index (χ3n) is 4.75. The van der Waals surface area contributed by atoms with Gasteiger partial charge in [0.05, 0.1) is 12.6 Å². The minimum Gasteiger partial charge on any atom is -0.393 e. The second kappa shape index (κ2) is 9.00. The smallest absolute Gasteiger partial charge is 0.330 e. The monoisotopic (exact) mass is 367 g/mol. The molecule has 1 aromatic heterocycles. The lowest BCUT2D eigenvalue weighted by atomic mass is 10.1. The first-order valence-electron chi connectivity index (χ1n) is 9.22. The molecule has 0 unspecified atom stereocenters. The molecule has 0 spiro atoms. The van der Waals surface area contributed by atoms with E-state index in [-0.39, 0.29) is 36.6 Å². The number of carbonyl (C=O) groups excluding carboxylic acids is 1. The van der Waals surface area contributed by atoms with Crippen molar-refractivity contribution >= 4 is 17.4 Å². The standard InChI is InChI=1S/C17H29N5O4/c1-3-5-8-22-15(18)14(16(25)19-17(22)26)21(4-2)13(24)11-20-9-6-12(23)7-10-20/h12,23H,3-11,18H2,1-2H3,(H,19,25,26). The maximum atomic E-state index is 12.8. The largest absolute Gasteiger partial charge is 0.393 e. The van der Waals surface area contributed by atoms with Crippen LogP contribution in [-0.2, 0) is 11.3 Å². The summed E-state index contributed by atoms with van der Waals surface area (Å²) in [6.45, 7) is 5.82. The van der Waals surface area contributed by atoms with Gasteiger partial charge in [-0.15, -0.1) is 0 Å². The predicted molar refractivity (Wildman–Crippen MR) is 100 cm³/mol. The van der Waals surface area contributed by atoms with Crippen LogP contribution in [0.3, 0.4) is 0 Å². The van der Waals surface area contributed by atoms with Gasteiger partial charge in [0.2, 0.25) is 5.91 Å². The Morgan fingerprint density at radius 3 is 2.54 bits per heavy atom. The Balaban J connectivity index is 2.26. The predicted octanol–water partition coefficient (Wildman–Crippen LogP) is -0.271. The molecule has 0 saturated carbocycles. The lowest BCUT2D eigenvalue weighted by Gasteiger charge is -2.31. The van der Waals surface area contributed by atoms with Crippen molar-refractivity contribution in [1.82, 2.24) is 14.5 Å². The van der Waals surface area contributed by atoms with Crippen molar-refractivity contribution < 1.29 is 9.90 Å². The summed E-state index contributed by atoms with van der Waals surface area (Å²) in [5, 5.41) is 9.58. The van der Waals surface area contributed by atoms with Gasteiger partial charge in [-0.2, -0.15) is 0 Å². The van der Waals surface area contributed by atoms with E-state index in [4.69, 9.17) is 5.73 Å². The number of hydrogen-bond acceptors (Lipinski definition) is 6. The summed E-state index contributed by atoms with van der Waals surface area (Å²) >= 11 is 0. The number of likely N-dealkylation sites (N-methyl/N-ethyl adjacent to an activating group) is 1. The lowest BCUT2D eigenvalue weighted by molar-refractivity contribution is -0.120. The molecule has 9 heteroatoms. The highest BCUT2D eigenvalue weighted by atomic mass is 16.3. The molecule has 0 radical (unpaired) electrons. The van der Waals surface area contributed by atoms with E-state index in [0.29, 0.717) is 32.5 Å². The summed E-state index contributed by atoms with van der Waals surface area (Å²) in [5.74, 6) is -0.224. The van der Waals surface area contributed by atoms with E-state index in [1.165, 1.54) is 9.47 Å². The van der Waals surface area contributed by atoms with Crippen molar-refractivity contribution in [1.29, 1.82) is 0 Å². The second-order valence-corrected chi connectivity index (χ2v) is 6.64. The van der Waals surface area contributed by atoms with Crippen molar-refractivity contribution in [2.45, 2.75) is 52.2 Å². The molecular weight excluding hydrogens is 338 g/mol. The molecule has 1 aromatic rings. The van der Waals surface area contributed by atoms with Crippen molar-refractivity contribution in [2.75, 3.05) is 36.8 Å². The van der Waals surface area contributed by atoms with Crippen molar-refractivity contribution in [3.05, 3.63) is 20.8 Å². The Kier molecular flexibility index (Phi) is 6.98. The number of hydrogen-bond donors (Lipinski definition) is 3. The number of aromatic nitrogens is 2. The van der Waals surface area contributed by atoms with Gasteiger partial charge in [0.1, 0.15) is 5.82 Å². The Morgan fingerprint density at radius 1 is 1.31 bits per heavy atom. The Bertz CT molecular complexity index is 734. The second-order valence-electron chi connectivity index (χ2n) is 6.64. The third kappa shape index (κ3) is 4.53. The van der Waals surface area contributed by atoms with E-state index in [9.17, 15) is 19.5 Å². The van der Waals surface area contributed by atoms with Crippen LogP contribution in [-0.4, -0.2) is 57.7 Å². The van der Waals surface area contributed by atoms with Gasteiger partial charge >= 0.3 is 5.69 Å². The fourth-order valence-electron chi connectivity index (χ4n) is 3.19. The minimum atomic E-state index is -0.649. The number of carbonyl (C=O) groups is 1. The molecule has 0 aliphatic carbocycles. The third-order valence-corrected chi connectivity index (χ3v) is 4.75. The van der Waals surface area contributed by atoms with Crippen LogP contribution < -0.4 is 21.9 Å². The van der Waals surface area contributed by atoms with Gasteiger partial charge in [-0.05, 0) is 26.2 Å². The number of nitrogens with zero attached hydrogens (tertiary/aromatic N) is 3. The zero-order chi connectivity index (χ0) is 19.3. The molecule has 1 aliphatic rings. The summed E-state index contributed by atoms with van der Waals surface area (Å²) in [5.41, 5.74) is 4.92. The lowest BCUT2D eigenvalue weighted by Crippen LogP contribution is -2.47. The summed E-state index contributed by atoms with van der Waals surface area (Å²) in [6, 6.07) is 0. The molecule has 146 valence electrons. The van der Waals surface area contributed by atoms with Crippen molar-refractivity contribution in [2.24, 2.45) is 0 Å². The highest BCUT2D eigenvalue weighted by Gasteiger charge is 2.26. The van der Waals surface area contributed by atoms with E-state index in [0.717, 1.165) is 12.8 Å². The molecule has 0 aromatic carbocycles. The number of rotatable bonds is 7. The first-order chi connectivity index (χ1) is 12.4. The van der Waals surface area contributed by atoms with E-state index in [1.807, 2.05) is 11.8 Å². The van der Waals surface area contributed by atoms with E-state index >= 15 is 0 Å². The molecule has 1 fully saturated rings. The van der Waals surface area contributed by atoms with Crippen LogP contribution in [0.1, 0.15) is 39.5 Å². The SMILES string of the molecule is CCCCn1c(N)c(N(CC)C(=O)CN2CCC(O)CC2)c(=O)[nH]c1=O. The van der Waals surface area contributed by atoms with Crippen LogP contribution in [0.25, 0.3) is 0 Å². The van der Waals surface area contributed by atoms with Crippen LogP contribution in [0.5, 0.6) is 0 Å². The molecule has 9 nitrogen and oxygen atoms in total. The van der Waals surface area contributed by atoms with Crippen LogP contribution in [0.4, 0.5) is 11.5 Å². The number of aliphatic hydroxyl groups excluding tert-OH is 1. The average molecular weight is 367 g/mol. The number of piperidine rings is 1. The van der Waals surface area contributed by atoms with Gasteiger partial charge in [-0.25, -0.2) is 4.79 Å². The highest BCUT2D eigenvalue weighted by Crippen LogP contribution is 2.18. The molecule has 1 amide bonds. The quantitative estimate of drug-likeness (QED) is 0.609. The summed E-state index contributed by atoms with van der Waals surface area (Å²) in [4.78, 5) is 42.7. The zero-order valence-corrected chi connectivity index (χ0v) is 15.5. The summed E-state index contributed by atoms with van der Waals surface area (Å²) in [6.07, 6.45) is 2.56. The Morgan fingerprint density at radius 2 is 1.96 bits per heavy atom. The topological polar surface area (TPSA) is 125 Å². The number of anilines is 2. The van der Waals surface area contributed by atoms with Crippen LogP contribution in [0, 0.1) is 0 Å². The van der Waals surface area contributed by atoms with Gasteiger partial charge in [0.15, 0.2) is 5.69 Å². The molecule has 0 bridgehead atoms. The number of nitrogens with one attached hydrogen (secondary N) is 1. The van der Waals surface area contributed by atoms with Crippen LogP contribution >= 0.6 is 0 Å². The number of aliphatic hydroxyl groups is 1. The minimum absolute atomic E-state index is 0.0245. The van der Waals surface area contributed by atoms with E-state index in [2.05, 4.69) is 4.98 Å². The van der Waals surface area contributed by atoms with Crippen LogP contribution in [0.15, 0.2) is 9.59 Å². The average Bonchev–Trinajstić information content (AvgIpc) is 2.60. The molecule has 2 heterocycles. The van der Waals surface area contributed by atoms with Gasteiger partial charge < -0.3 is 15.7 Å². The molecule has 2 rings (SSSR count). The van der Waals surface area contributed by atoms with Gasteiger partial charge in [0, 0.05) is 26.2 Å². The molecule has 1 saturated heterocycles. The number of likely N-dealkylation sites (tertiary alicyclic amines) is 1. The molecular formula is C17H29N5O4. The number of nitrogen functional groups attached to an aromatic ring is 1. The van der Waals surface area contributed by atoms with Gasteiger partial charge in [-0.3, -0.25) is 24.0 Å².